The van der Waals surface area contributed by atoms with Crippen LogP contribution in [0.5, 0.6) is 0 Å². The Morgan fingerprint density at radius 3 is 2.49 bits per heavy atom. The largest absolute Gasteiger partial charge is 0.393 e. The van der Waals surface area contributed by atoms with Crippen molar-refractivity contribution >= 4 is 16.0 Å². The Morgan fingerprint density at radius 1 is 1.05 bits per heavy atom. The van der Waals surface area contributed by atoms with E-state index < -0.39 is 15.9 Å². The molecule has 0 aliphatic heterocycles. The van der Waals surface area contributed by atoms with Crippen LogP contribution in [0.4, 0.5) is 0 Å². The van der Waals surface area contributed by atoms with E-state index in [-0.39, 0.29) is 35.5 Å². The van der Waals surface area contributed by atoms with Crippen molar-refractivity contribution in [2.45, 2.75) is 104 Å². The van der Waals surface area contributed by atoms with Crippen LogP contribution >= 0.6 is 0 Å². The maximum Gasteiger partial charge on any atom is 0.266 e. The van der Waals surface area contributed by atoms with Gasteiger partial charge in [-0.1, -0.05) is 51.1 Å². The third-order valence-corrected chi connectivity index (χ3v) is 13.0. The monoisotopic (exact) mass is 589 g/mol. The highest BCUT2D eigenvalue weighted by atomic mass is 32.2. The van der Waals surface area contributed by atoms with Crippen LogP contribution < -0.4 is 5.32 Å². The van der Waals surface area contributed by atoms with Gasteiger partial charge in [-0.3, -0.25) is 9.35 Å². The van der Waals surface area contributed by atoms with Gasteiger partial charge in [0.15, 0.2) is 0 Å². The number of carbonyl (C=O) groups excluding carboxylic acids is 1. The van der Waals surface area contributed by atoms with Crippen molar-refractivity contribution in [1.29, 1.82) is 0 Å². The van der Waals surface area contributed by atoms with Gasteiger partial charge in [0.2, 0.25) is 5.91 Å². The van der Waals surface area contributed by atoms with Gasteiger partial charge >= 0.3 is 0 Å². The average molecular weight is 590 g/mol. The number of hydrogen-bond acceptors (Lipinski definition) is 5. The van der Waals surface area contributed by atoms with Crippen LogP contribution in [-0.2, 0) is 26.3 Å². The van der Waals surface area contributed by atoms with E-state index in [2.05, 4.69) is 50.4 Å². The number of ether oxygens (including phenoxy) is 1. The van der Waals surface area contributed by atoms with E-state index in [1.54, 1.807) is 0 Å². The third kappa shape index (κ3) is 6.56. The van der Waals surface area contributed by atoms with Crippen LogP contribution in [-0.4, -0.2) is 48.5 Å². The first-order valence-electron chi connectivity index (χ1n) is 16.0. The molecule has 4 aliphatic carbocycles. The first kappa shape index (κ1) is 31.0. The number of aliphatic hydroxyl groups excluding tert-OH is 1. The van der Waals surface area contributed by atoms with Gasteiger partial charge < -0.3 is 15.2 Å². The smallest absolute Gasteiger partial charge is 0.266 e. The standard InChI is InChI=1S/C33H51NO6S/c1-22(9-12-30(36)34-17-18-41(37,38)39)26-10-11-27-31-28(14-16-33(26,27)3)32(2)15-13-25(19-24(32)20-29(31)35)40-21-23-7-5-4-6-8-23/h4-8,22,24-29,31,35H,9-21H2,1-3H3,(H,34,36)(H,37,38,39)/t22-,24?,25-,26-,27+,28+,29+,31+,32+,33-/m1/s1. The summed E-state index contributed by atoms with van der Waals surface area (Å²) in [5.74, 6) is 2.25. The predicted octanol–water partition coefficient (Wildman–Crippen LogP) is 5.62. The summed E-state index contributed by atoms with van der Waals surface area (Å²) in [7, 11) is -4.07. The lowest BCUT2D eigenvalue weighted by Gasteiger charge is -2.62. The van der Waals surface area contributed by atoms with Crippen molar-refractivity contribution in [1.82, 2.24) is 5.32 Å². The Labute approximate surface area is 247 Å². The molecule has 0 spiro atoms. The van der Waals surface area contributed by atoms with Gasteiger partial charge in [-0.2, -0.15) is 8.42 Å². The fourth-order valence-corrected chi connectivity index (χ4v) is 10.4. The minimum atomic E-state index is -4.07. The number of amides is 1. The molecule has 0 saturated heterocycles. The summed E-state index contributed by atoms with van der Waals surface area (Å²) in [5, 5.41) is 14.3. The first-order chi connectivity index (χ1) is 19.4. The lowest BCUT2D eigenvalue weighted by Crippen LogP contribution is -2.58. The van der Waals surface area contributed by atoms with E-state index in [0.29, 0.717) is 48.5 Å². The molecule has 10 atom stereocenters. The van der Waals surface area contributed by atoms with Gasteiger partial charge in [-0.05, 0) is 110 Å². The second-order valence-electron chi connectivity index (χ2n) is 14.4. The molecule has 1 aromatic rings. The first-order valence-corrected chi connectivity index (χ1v) is 17.6. The van der Waals surface area contributed by atoms with Crippen molar-refractivity contribution in [3.05, 3.63) is 35.9 Å². The Morgan fingerprint density at radius 2 is 1.76 bits per heavy atom. The number of nitrogens with one attached hydrogen (secondary N) is 1. The zero-order chi connectivity index (χ0) is 29.4. The normalized spacial score (nSPS) is 39.3. The van der Waals surface area contributed by atoms with Crippen LogP contribution in [0.1, 0.15) is 90.5 Å². The molecule has 0 radical (unpaired) electrons. The minimum absolute atomic E-state index is 0.0596. The van der Waals surface area contributed by atoms with Crippen molar-refractivity contribution in [3.8, 4) is 0 Å². The van der Waals surface area contributed by atoms with Crippen LogP contribution in [0, 0.1) is 46.3 Å². The van der Waals surface area contributed by atoms with E-state index in [1.165, 1.54) is 24.8 Å². The Bertz CT molecular complexity index is 1160. The van der Waals surface area contributed by atoms with Crippen LogP contribution in [0.3, 0.4) is 0 Å². The van der Waals surface area contributed by atoms with Crippen molar-refractivity contribution in [2.75, 3.05) is 12.3 Å². The van der Waals surface area contributed by atoms with Crippen LogP contribution in [0.15, 0.2) is 30.3 Å². The number of benzene rings is 1. The molecule has 4 saturated carbocycles. The van der Waals surface area contributed by atoms with Crippen molar-refractivity contribution < 1.29 is 27.6 Å². The highest BCUT2D eigenvalue weighted by Crippen LogP contribution is 2.68. The predicted molar refractivity (Wildman–Crippen MR) is 159 cm³/mol. The topological polar surface area (TPSA) is 113 Å². The molecule has 1 aromatic carbocycles. The molecule has 230 valence electrons. The highest BCUT2D eigenvalue weighted by Gasteiger charge is 2.62. The SMILES string of the molecule is C[C@H](CCC(=O)NCCS(=O)(=O)O)[C@H]1CC[C@H]2[C@@H]3[C@@H](O)CC4C[C@H](OCc5ccccc5)CC[C@]4(C)[C@H]3CC[C@]12C. The molecule has 5 rings (SSSR count). The lowest BCUT2D eigenvalue weighted by molar-refractivity contribution is -0.179. The summed E-state index contributed by atoms with van der Waals surface area (Å²) >= 11 is 0. The van der Waals surface area contributed by atoms with E-state index in [0.717, 1.165) is 38.5 Å². The Hall–Kier alpha value is -1.48. The molecular formula is C33H51NO6S. The second kappa shape index (κ2) is 12.3. The quantitative estimate of drug-likeness (QED) is 0.305. The molecule has 3 N–H and O–H groups in total. The van der Waals surface area contributed by atoms with E-state index >= 15 is 0 Å². The van der Waals surface area contributed by atoms with Crippen molar-refractivity contribution in [3.63, 3.8) is 0 Å². The van der Waals surface area contributed by atoms with E-state index in [1.807, 2.05) is 6.07 Å². The van der Waals surface area contributed by atoms with Crippen molar-refractivity contribution in [2.24, 2.45) is 46.3 Å². The summed E-state index contributed by atoms with van der Waals surface area (Å²) in [5.41, 5.74) is 1.67. The molecule has 41 heavy (non-hydrogen) atoms. The molecule has 1 unspecified atom stereocenters. The zero-order valence-electron chi connectivity index (χ0n) is 25.1. The van der Waals surface area contributed by atoms with E-state index in [4.69, 9.17) is 9.29 Å². The van der Waals surface area contributed by atoms with Gasteiger partial charge in [-0.25, -0.2) is 0 Å². The van der Waals surface area contributed by atoms with Gasteiger partial charge in [0.05, 0.1) is 24.6 Å². The number of aliphatic hydroxyl groups is 1. The maximum absolute atomic E-state index is 12.3. The molecule has 0 heterocycles. The fraction of sp³-hybridized carbons (Fsp3) is 0.788. The Balaban J connectivity index is 1.18. The molecule has 7 nitrogen and oxygen atoms in total. The summed E-state index contributed by atoms with van der Waals surface area (Å²) in [6.07, 6.45) is 10.1. The van der Waals surface area contributed by atoms with Gasteiger partial charge in [-0.15, -0.1) is 0 Å². The number of rotatable bonds is 10. The summed E-state index contributed by atoms with van der Waals surface area (Å²) in [4.78, 5) is 12.3. The lowest BCUT2D eigenvalue weighted by atomic mass is 9.43. The maximum atomic E-state index is 12.3. The molecule has 4 fully saturated rings. The third-order valence-electron chi connectivity index (χ3n) is 12.2. The molecule has 0 bridgehead atoms. The summed E-state index contributed by atoms with van der Waals surface area (Å²) < 4.78 is 37.1. The highest BCUT2D eigenvalue weighted by molar-refractivity contribution is 7.85. The minimum Gasteiger partial charge on any atom is -0.393 e. The van der Waals surface area contributed by atoms with Gasteiger partial charge in [0.25, 0.3) is 10.1 Å². The summed E-state index contributed by atoms with van der Waals surface area (Å²) in [6.45, 7) is 7.85. The molecule has 1 amide bonds. The number of carbonyl (C=O) groups is 1. The van der Waals surface area contributed by atoms with Gasteiger partial charge in [0.1, 0.15) is 0 Å². The molecule has 4 aliphatic rings. The molecular weight excluding hydrogens is 538 g/mol. The number of fused-ring (bicyclic) bond motifs is 5. The van der Waals surface area contributed by atoms with Crippen LogP contribution in [0.2, 0.25) is 0 Å². The van der Waals surface area contributed by atoms with Crippen LogP contribution in [0.25, 0.3) is 0 Å². The molecule has 8 heteroatoms. The Kier molecular flexibility index (Phi) is 9.25. The average Bonchev–Trinajstić information content (AvgIpc) is 3.28. The second-order valence-corrected chi connectivity index (χ2v) is 15.9. The fourth-order valence-electron chi connectivity index (χ4n) is 10.1. The number of hydrogen-bond donors (Lipinski definition) is 3. The zero-order valence-corrected chi connectivity index (χ0v) is 26.0. The molecule has 0 aromatic heterocycles. The van der Waals surface area contributed by atoms with Gasteiger partial charge in [0, 0.05) is 13.0 Å². The van der Waals surface area contributed by atoms with E-state index in [9.17, 15) is 18.3 Å². The summed E-state index contributed by atoms with van der Waals surface area (Å²) in [6, 6.07) is 10.4.